The van der Waals surface area contributed by atoms with Crippen molar-refractivity contribution in [1.29, 1.82) is 0 Å². The summed E-state index contributed by atoms with van der Waals surface area (Å²) in [5.74, 6) is 0.694. The summed E-state index contributed by atoms with van der Waals surface area (Å²) in [6, 6.07) is 17.5. The van der Waals surface area contributed by atoms with Gasteiger partial charge in [0.05, 0.1) is 18.0 Å². The third-order valence-corrected chi connectivity index (χ3v) is 5.44. The molecule has 32 heavy (non-hydrogen) atoms. The van der Waals surface area contributed by atoms with Gasteiger partial charge in [-0.25, -0.2) is 4.68 Å². The lowest BCUT2D eigenvalue weighted by atomic mass is 10.2. The summed E-state index contributed by atoms with van der Waals surface area (Å²) < 4.78 is 47.0. The zero-order valence-corrected chi connectivity index (χ0v) is 17.8. The minimum atomic E-state index is -4.51. The number of aromatic nitrogens is 2. The van der Waals surface area contributed by atoms with E-state index in [0.29, 0.717) is 23.7 Å². The smallest absolute Gasteiger partial charge is 0.435 e. The Balaban J connectivity index is 1.46. The summed E-state index contributed by atoms with van der Waals surface area (Å²) >= 11 is 0. The number of benzene rings is 2. The maximum Gasteiger partial charge on any atom is 0.435 e. The first-order chi connectivity index (χ1) is 15.5. The van der Waals surface area contributed by atoms with E-state index in [-0.39, 0.29) is 0 Å². The van der Waals surface area contributed by atoms with E-state index in [9.17, 15) is 13.2 Å². The fourth-order valence-corrected chi connectivity index (χ4v) is 3.77. The molecular formula is C25H26F3N3O. The van der Waals surface area contributed by atoms with Crippen LogP contribution in [0.1, 0.15) is 36.2 Å². The van der Waals surface area contributed by atoms with Gasteiger partial charge >= 0.3 is 6.18 Å². The predicted molar refractivity (Wildman–Crippen MR) is 120 cm³/mol. The zero-order chi connectivity index (χ0) is 22.4. The number of hydrogen-bond acceptors (Lipinski definition) is 3. The molecule has 0 spiro atoms. The van der Waals surface area contributed by atoms with Gasteiger partial charge in [0, 0.05) is 6.54 Å². The van der Waals surface area contributed by atoms with Gasteiger partial charge in [-0.1, -0.05) is 36.4 Å². The highest BCUT2D eigenvalue weighted by Crippen LogP contribution is 2.30. The number of halogens is 3. The Kier molecular flexibility index (Phi) is 6.95. The maximum atomic E-state index is 13.3. The van der Waals surface area contributed by atoms with Crippen molar-refractivity contribution >= 4 is 12.2 Å². The van der Waals surface area contributed by atoms with E-state index in [2.05, 4.69) is 10.00 Å². The Hall–Kier alpha value is -3.06. The number of rotatable bonds is 8. The number of likely N-dealkylation sites (tertiary alicyclic amines) is 1. The Bertz CT molecular complexity index is 1020. The van der Waals surface area contributed by atoms with E-state index in [1.54, 1.807) is 36.4 Å². The molecule has 0 bridgehead atoms. The van der Waals surface area contributed by atoms with Crippen molar-refractivity contribution in [1.82, 2.24) is 14.7 Å². The van der Waals surface area contributed by atoms with E-state index in [4.69, 9.17) is 4.74 Å². The molecule has 0 aliphatic carbocycles. The van der Waals surface area contributed by atoms with Crippen LogP contribution in [0, 0.1) is 0 Å². The fraction of sp³-hybridized carbons (Fsp3) is 0.320. The van der Waals surface area contributed by atoms with Gasteiger partial charge in [-0.3, -0.25) is 0 Å². The Labute approximate surface area is 185 Å². The second-order valence-electron chi connectivity index (χ2n) is 7.85. The summed E-state index contributed by atoms with van der Waals surface area (Å²) in [6.45, 7) is 3.97. The molecular weight excluding hydrogens is 415 g/mol. The highest BCUT2D eigenvalue weighted by Gasteiger charge is 2.34. The number of nitrogens with zero attached hydrogens (tertiary/aromatic N) is 3. The van der Waals surface area contributed by atoms with E-state index in [1.165, 1.54) is 30.6 Å². The molecule has 0 N–H and O–H groups in total. The van der Waals surface area contributed by atoms with Crippen LogP contribution in [0.5, 0.6) is 5.75 Å². The lowest BCUT2D eigenvalue weighted by molar-refractivity contribution is -0.141. The molecule has 1 saturated heterocycles. The van der Waals surface area contributed by atoms with Gasteiger partial charge in [-0.2, -0.15) is 18.3 Å². The van der Waals surface area contributed by atoms with Gasteiger partial charge in [0.2, 0.25) is 0 Å². The SMILES string of the molecule is FC(F)(F)c1cc(C=Cc2ccccc2)n(-c2ccc(OCCCN3CCCC3)cc2)n1. The minimum Gasteiger partial charge on any atom is -0.494 e. The Morgan fingerprint density at radius 1 is 0.938 bits per heavy atom. The summed E-state index contributed by atoms with van der Waals surface area (Å²) in [5, 5.41) is 3.81. The molecule has 2 heterocycles. The van der Waals surface area contributed by atoms with E-state index >= 15 is 0 Å². The first kappa shape index (κ1) is 22.1. The van der Waals surface area contributed by atoms with E-state index < -0.39 is 11.9 Å². The standard InChI is InChI=1S/C25H26F3N3O/c26-25(27,28)24-19-22(10-9-20-7-2-1-3-8-20)31(29-24)21-11-13-23(14-12-21)32-18-6-17-30-15-4-5-16-30/h1-3,7-14,19H,4-6,15-18H2. The summed E-state index contributed by atoms with van der Waals surface area (Å²) in [4.78, 5) is 2.44. The first-order valence-electron chi connectivity index (χ1n) is 10.8. The largest absolute Gasteiger partial charge is 0.494 e. The average molecular weight is 441 g/mol. The molecule has 168 valence electrons. The van der Waals surface area contributed by atoms with Crippen LogP contribution in [0.3, 0.4) is 0 Å². The van der Waals surface area contributed by atoms with Crippen LogP contribution in [0.2, 0.25) is 0 Å². The molecule has 1 fully saturated rings. The van der Waals surface area contributed by atoms with Gasteiger partial charge in [-0.05, 0) is 74.3 Å². The van der Waals surface area contributed by atoms with Crippen molar-refractivity contribution in [3.8, 4) is 11.4 Å². The van der Waals surface area contributed by atoms with Gasteiger partial charge in [-0.15, -0.1) is 0 Å². The number of hydrogen-bond donors (Lipinski definition) is 0. The molecule has 0 unspecified atom stereocenters. The zero-order valence-electron chi connectivity index (χ0n) is 17.8. The van der Waals surface area contributed by atoms with Crippen LogP contribution < -0.4 is 4.74 Å². The molecule has 7 heteroatoms. The van der Waals surface area contributed by atoms with Gasteiger partial charge in [0.25, 0.3) is 0 Å². The molecule has 0 saturated carbocycles. The van der Waals surface area contributed by atoms with Gasteiger partial charge in [0.1, 0.15) is 5.75 Å². The van der Waals surface area contributed by atoms with Crippen LogP contribution in [-0.2, 0) is 6.18 Å². The monoisotopic (exact) mass is 441 g/mol. The molecule has 4 nitrogen and oxygen atoms in total. The van der Waals surface area contributed by atoms with Gasteiger partial charge < -0.3 is 9.64 Å². The first-order valence-corrected chi connectivity index (χ1v) is 10.8. The summed E-state index contributed by atoms with van der Waals surface area (Å²) in [7, 11) is 0. The van der Waals surface area contributed by atoms with Crippen LogP contribution in [0.25, 0.3) is 17.8 Å². The predicted octanol–water partition coefficient (Wildman–Crippen LogP) is 5.93. The van der Waals surface area contributed by atoms with Crippen LogP contribution in [0.4, 0.5) is 13.2 Å². The Morgan fingerprint density at radius 2 is 1.66 bits per heavy atom. The molecule has 2 aromatic carbocycles. The maximum absolute atomic E-state index is 13.3. The van der Waals surface area contributed by atoms with Crippen molar-refractivity contribution in [2.24, 2.45) is 0 Å². The summed E-state index contributed by atoms with van der Waals surface area (Å²) in [6.07, 6.45) is 2.39. The second-order valence-corrected chi connectivity index (χ2v) is 7.85. The number of ether oxygens (including phenoxy) is 1. The van der Waals surface area contributed by atoms with E-state index in [1.807, 2.05) is 30.3 Å². The van der Waals surface area contributed by atoms with Crippen LogP contribution in [-0.4, -0.2) is 40.9 Å². The highest BCUT2D eigenvalue weighted by molar-refractivity contribution is 5.69. The molecule has 1 aliphatic heterocycles. The molecule has 1 aromatic heterocycles. The quantitative estimate of drug-likeness (QED) is 0.406. The lowest BCUT2D eigenvalue weighted by Crippen LogP contribution is -2.21. The van der Waals surface area contributed by atoms with Gasteiger partial charge in [0.15, 0.2) is 5.69 Å². The third-order valence-electron chi connectivity index (χ3n) is 5.44. The van der Waals surface area contributed by atoms with Crippen molar-refractivity contribution < 1.29 is 17.9 Å². The average Bonchev–Trinajstić information content (AvgIpc) is 3.46. The van der Waals surface area contributed by atoms with Crippen molar-refractivity contribution in [2.45, 2.75) is 25.4 Å². The van der Waals surface area contributed by atoms with Crippen molar-refractivity contribution in [3.63, 3.8) is 0 Å². The van der Waals surface area contributed by atoms with Crippen LogP contribution in [0.15, 0.2) is 60.7 Å². The van der Waals surface area contributed by atoms with Crippen molar-refractivity contribution in [2.75, 3.05) is 26.2 Å². The summed E-state index contributed by atoms with van der Waals surface area (Å²) in [5.41, 5.74) is 0.858. The Morgan fingerprint density at radius 3 is 2.34 bits per heavy atom. The topological polar surface area (TPSA) is 30.3 Å². The molecule has 3 aromatic rings. The fourth-order valence-electron chi connectivity index (χ4n) is 3.77. The molecule has 0 atom stereocenters. The molecule has 0 radical (unpaired) electrons. The molecule has 1 aliphatic rings. The van der Waals surface area contributed by atoms with Crippen molar-refractivity contribution in [3.05, 3.63) is 77.6 Å². The number of alkyl halides is 3. The van der Waals surface area contributed by atoms with Crippen LogP contribution >= 0.6 is 0 Å². The molecule has 4 rings (SSSR count). The second kappa shape index (κ2) is 10.0. The minimum absolute atomic E-state index is 0.348. The third kappa shape index (κ3) is 5.79. The molecule has 0 amide bonds. The van der Waals surface area contributed by atoms with E-state index in [0.717, 1.165) is 24.6 Å². The highest BCUT2D eigenvalue weighted by atomic mass is 19.4. The lowest BCUT2D eigenvalue weighted by Gasteiger charge is -2.14. The normalized spacial score (nSPS) is 15.0.